The van der Waals surface area contributed by atoms with Crippen LogP contribution in [0.1, 0.15) is 5.69 Å². The molecule has 2 nitrogen and oxygen atoms in total. The molecule has 0 aliphatic rings. The van der Waals surface area contributed by atoms with E-state index in [2.05, 4.69) is 20.9 Å². The highest BCUT2D eigenvalue weighted by atomic mass is 79.9. The van der Waals surface area contributed by atoms with E-state index >= 15 is 0 Å². The van der Waals surface area contributed by atoms with E-state index in [1.165, 1.54) is 6.07 Å². The maximum absolute atomic E-state index is 13.6. The van der Waals surface area contributed by atoms with Crippen LogP contribution >= 0.6 is 15.9 Å². The minimum absolute atomic E-state index is 0.0841. The number of rotatable bonds is 0. The molecule has 2 rings (SSSR count). The van der Waals surface area contributed by atoms with Crippen LogP contribution in [0.4, 0.5) is 14.5 Å². The van der Waals surface area contributed by atoms with Gasteiger partial charge in [0, 0.05) is 16.8 Å². The fourth-order valence-corrected chi connectivity index (χ4v) is 1.73. The molecule has 0 unspecified atom stereocenters. The van der Waals surface area contributed by atoms with Gasteiger partial charge in [-0.2, -0.15) is 0 Å². The highest BCUT2D eigenvalue weighted by Crippen LogP contribution is 2.30. The zero-order valence-electron chi connectivity index (χ0n) is 7.81. The molecule has 2 aromatic rings. The van der Waals surface area contributed by atoms with Crippen molar-refractivity contribution in [2.24, 2.45) is 0 Å². The molecule has 2 N–H and O–H groups in total. The van der Waals surface area contributed by atoms with E-state index in [0.29, 0.717) is 16.8 Å². The molecule has 0 saturated heterocycles. The van der Waals surface area contributed by atoms with Crippen LogP contribution in [-0.4, -0.2) is 4.98 Å². The number of nitrogens with two attached hydrogens (primary N) is 1. The van der Waals surface area contributed by atoms with Crippen LogP contribution in [0.2, 0.25) is 0 Å². The highest BCUT2D eigenvalue weighted by molar-refractivity contribution is 9.10. The number of hydrogen-bond donors (Lipinski definition) is 1. The van der Waals surface area contributed by atoms with Gasteiger partial charge >= 0.3 is 0 Å². The minimum Gasteiger partial charge on any atom is -0.398 e. The maximum atomic E-state index is 13.6. The lowest BCUT2D eigenvalue weighted by atomic mass is 10.1. The van der Waals surface area contributed by atoms with Crippen molar-refractivity contribution in [1.29, 1.82) is 0 Å². The summed E-state index contributed by atoms with van der Waals surface area (Å²) in [5, 5.41) is 0.291. The van der Waals surface area contributed by atoms with Gasteiger partial charge < -0.3 is 5.73 Å². The SMILES string of the molecule is Cc1cc(N)c2cc(F)c(Br)c(F)c2n1. The molecule has 0 aliphatic carbocycles. The molecule has 78 valence electrons. The summed E-state index contributed by atoms with van der Waals surface area (Å²) < 4.78 is 26.6. The summed E-state index contributed by atoms with van der Waals surface area (Å²) in [7, 11) is 0. The summed E-state index contributed by atoms with van der Waals surface area (Å²) in [6, 6.07) is 2.75. The quantitative estimate of drug-likeness (QED) is 0.749. The number of fused-ring (bicyclic) bond motifs is 1. The highest BCUT2D eigenvalue weighted by Gasteiger charge is 2.14. The second kappa shape index (κ2) is 3.41. The number of anilines is 1. The molecular formula is C10H7BrF2N2. The van der Waals surface area contributed by atoms with E-state index in [9.17, 15) is 8.78 Å². The second-order valence-corrected chi connectivity index (χ2v) is 4.03. The first-order valence-electron chi connectivity index (χ1n) is 4.21. The minimum atomic E-state index is -0.722. The van der Waals surface area contributed by atoms with E-state index < -0.39 is 11.6 Å². The van der Waals surface area contributed by atoms with E-state index in [4.69, 9.17) is 5.73 Å². The lowest BCUT2D eigenvalue weighted by Crippen LogP contribution is -1.96. The predicted octanol–water partition coefficient (Wildman–Crippen LogP) is 3.17. The van der Waals surface area contributed by atoms with Gasteiger partial charge in [-0.05, 0) is 35.0 Å². The van der Waals surface area contributed by atoms with Gasteiger partial charge in [0.05, 0.1) is 4.47 Å². The Morgan fingerprint density at radius 3 is 2.67 bits per heavy atom. The van der Waals surface area contributed by atoms with Gasteiger partial charge in [0.2, 0.25) is 0 Å². The molecule has 1 aromatic carbocycles. The first-order chi connectivity index (χ1) is 7.00. The maximum Gasteiger partial charge on any atom is 0.166 e. The Morgan fingerprint density at radius 1 is 1.33 bits per heavy atom. The lowest BCUT2D eigenvalue weighted by molar-refractivity contribution is 0.579. The number of aryl methyl sites for hydroxylation is 1. The third-order valence-electron chi connectivity index (χ3n) is 2.10. The number of nitrogens with zero attached hydrogens (tertiary/aromatic N) is 1. The van der Waals surface area contributed by atoms with Crippen molar-refractivity contribution in [3.8, 4) is 0 Å². The molecule has 0 amide bonds. The average molecular weight is 273 g/mol. The largest absolute Gasteiger partial charge is 0.398 e. The summed E-state index contributed by atoms with van der Waals surface area (Å²) in [6.45, 7) is 1.70. The Labute approximate surface area is 93.2 Å². The van der Waals surface area contributed by atoms with Crippen molar-refractivity contribution >= 4 is 32.5 Å². The molecular weight excluding hydrogens is 266 g/mol. The Kier molecular flexibility index (Phi) is 2.34. The summed E-state index contributed by atoms with van der Waals surface area (Å²) >= 11 is 2.82. The standard InChI is InChI=1S/C10H7BrF2N2/c1-4-2-7(14)5-3-6(12)8(11)9(13)10(5)15-4/h2-3H,1H3,(H2,14,15). The molecule has 0 fully saturated rings. The van der Waals surface area contributed by atoms with Gasteiger partial charge in [-0.1, -0.05) is 0 Å². The molecule has 0 atom stereocenters. The van der Waals surface area contributed by atoms with Crippen LogP contribution in [0.3, 0.4) is 0 Å². The Hall–Kier alpha value is -1.23. The van der Waals surface area contributed by atoms with Gasteiger partial charge in [0.25, 0.3) is 0 Å². The van der Waals surface area contributed by atoms with Crippen molar-refractivity contribution in [2.75, 3.05) is 5.73 Å². The molecule has 5 heteroatoms. The number of nitrogen functional groups attached to an aromatic ring is 1. The number of halogens is 3. The average Bonchev–Trinajstić information content (AvgIpc) is 2.17. The van der Waals surface area contributed by atoms with E-state index in [0.717, 1.165) is 0 Å². The monoisotopic (exact) mass is 272 g/mol. The van der Waals surface area contributed by atoms with Gasteiger partial charge in [0.1, 0.15) is 11.3 Å². The van der Waals surface area contributed by atoms with Crippen LogP contribution in [0.5, 0.6) is 0 Å². The Bertz CT molecular complexity index is 555. The van der Waals surface area contributed by atoms with Crippen molar-refractivity contribution in [3.63, 3.8) is 0 Å². The molecule has 0 aliphatic heterocycles. The lowest BCUT2D eigenvalue weighted by Gasteiger charge is -2.06. The smallest absolute Gasteiger partial charge is 0.166 e. The van der Waals surface area contributed by atoms with Gasteiger partial charge in [-0.15, -0.1) is 0 Å². The summed E-state index contributed by atoms with van der Waals surface area (Å²) in [6.07, 6.45) is 0. The summed E-state index contributed by atoms with van der Waals surface area (Å²) in [4.78, 5) is 3.99. The molecule has 0 saturated carbocycles. The number of aromatic nitrogens is 1. The first kappa shape index (κ1) is 10.3. The third kappa shape index (κ3) is 1.56. The van der Waals surface area contributed by atoms with Crippen LogP contribution in [0, 0.1) is 18.6 Å². The Morgan fingerprint density at radius 2 is 2.00 bits per heavy atom. The van der Waals surface area contributed by atoms with Crippen molar-refractivity contribution in [1.82, 2.24) is 4.98 Å². The van der Waals surface area contributed by atoms with Crippen molar-refractivity contribution in [3.05, 3.63) is 33.9 Å². The van der Waals surface area contributed by atoms with Crippen molar-refractivity contribution < 1.29 is 8.78 Å². The number of benzene rings is 1. The molecule has 1 aromatic heterocycles. The third-order valence-corrected chi connectivity index (χ3v) is 2.83. The second-order valence-electron chi connectivity index (χ2n) is 3.24. The van der Waals surface area contributed by atoms with Crippen LogP contribution < -0.4 is 5.73 Å². The predicted molar refractivity (Wildman–Crippen MR) is 58.5 cm³/mol. The van der Waals surface area contributed by atoms with E-state index in [1.807, 2.05) is 0 Å². The fourth-order valence-electron chi connectivity index (χ4n) is 1.43. The van der Waals surface area contributed by atoms with E-state index in [-0.39, 0.29) is 9.99 Å². The molecule has 1 heterocycles. The van der Waals surface area contributed by atoms with Crippen LogP contribution in [0.25, 0.3) is 10.9 Å². The topological polar surface area (TPSA) is 38.9 Å². The van der Waals surface area contributed by atoms with E-state index in [1.54, 1.807) is 13.0 Å². The number of pyridine rings is 1. The van der Waals surface area contributed by atoms with Gasteiger partial charge in [-0.3, -0.25) is 0 Å². The van der Waals surface area contributed by atoms with Crippen LogP contribution in [-0.2, 0) is 0 Å². The normalized spacial score (nSPS) is 10.9. The van der Waals surface area contributed by atoms with Crippen LogP contribution in [0.15, 0.2) is 16.6 Å². The fraction of sp³-hybridized carbons (Fsp3) is 0.100. The Balaban J connectivity index is 2.98. The summed E-state index contributed by atoms with van der Waals surface area (Å²) in [5.41, 5.74) is 6.66. The first-order valence-corrected chi connectivity index (χ1v) is 5.00. The molecule has 0 spiro atoms. The molecule has 0 radical (unpaired) electrons. The zero-order chi connectivity index (χ0) is 11.2. The molecule has 15 heavy (non-hydrogen) atoms. The molecule has 0 bridgehead atoms. The van der Waals surface area contributed by atoms with Gasteiger partial charge in [-0.25, -0.2) is 13.8 Å². The summed E-state index contributed by atoms with van der Waals surface area (Å²) in [5.74, 6) is -1.40. The zero-order valence-corrected chi connectivity index (χ0v) is 9.40. The van der Waals surface area contributed by atoms with Crippen molar-refractivity contribution in [2.45, 2.75) is 6.92 Å². The van der Waals surface area contributed by atoms with Gasteiger partial charge in [0.15, 0.2) is 5.82 Å². The number of hydrogen-bond acceptors (Lipinski definition) is 2.